The number of nitrogens with two attached hydrogens (primary N) is 1. The molecule has 4 heteroatoms. The van der Waals surface area contributed by atoms with Crippen molar-refractivity contribution in [1.29, 1.82) is 0 Å². The van der Waals surface area contributed by atoms with Gasteiger partial charge in [0.2, 0.25) is 0 Å². The van der Waals surface area contributed by atoms with Crippen LogP contribution in [0.1, 0.15) is 50.3 Å². The van der Waals surface area contributed by atoms with Crippen LogP contribution in [0, 0.1) is 0 Å². The third-order valence-electron chi connectivity index (χ3n) is 3.75. The highest BCUT2D eigenvalue weighted by Crippen LogP contribution is 2.22. The molecule has 2 rings (SSSR count). The number of hydrogen-bond donors (Lipinski definition) is 1. The van der Waals surface area contributed by atoms with E-state index in [4.69, 9.17) is 10.5 Å². The van der Waals surface area contributed by atoms with E-state index in [9.17, 15) is 0 Å². The summed E-state index contributed by atoms with van der Waals surface area (Å²) in [5.74, 6) is 0.830. The van der Waals surface area contributed by atoms with Crippen LogP contribution >= 0.6 is 0 Å². The van der Waals surface area contributed by atoms with Gasteiger partial charge in [-0.1, -0.05) is 13.3 Å². The van der Waals surface area contributed by atoms with Gasteiger partial charge in [-0.15, -0.1) is 0 Å². The summed E-state index contributed by atoms with van der Waals surface area (Å²) in [6.07, 6.45) is 8.36. The largest absolute Gasteiger partial charge is 0.384 e. The molecule has 1 fully saturated rings. The molecule has 1 atom stereocenters. The normalized spacial score (nSPS) is 20.2. The fraction of sp³-hybridized carbons (Fsp3) is 0.786. The topological polar surface area (TPSA) is 53.1 Å². The molecule has 0 bridgehead atoms. The van der Waals surface area contributed by atoms with Gasteiger partial charge in [0.1, 0.15) is 5.82 Å². The van der Waals surface area contributed by atoms with Crippen molar-refractivity contribution in [2.45, 2.75) is 58.0 Å². The minimum Gasteiger partial charge on any atom is -0.384 e. The van der Waals surface area contributed by atoms with E-state index in [1.807, 2.05) is 11.7 Å². The fourth-order valence-electron chi connectivity index (χ4n) is 2.69. The lowest BCUT2D eigenvalue weighted by Crippen LogP contribution is -2.19. The van der Waals surface area contributed by atoms with Crippen molar-refractivity contribution in [3.63, 3.8) is 0 Å². The lowest BCUT2D eigenvalue weighted by Gasteiger charge is -2.22. The molecular formula is C14H25N3O. The first kappa shape index (κ1) is 13.4. The van der Waals surface area contributed by atoms with Crippen molar-refractivity contribution in [3.8, 4) is 0 Å². The molecule has 0 radical (unpaired) electrons. The van der Waals surface area contributed by atoms with Gasteiger partial charge in [0.25, 0.3) is 0 Å². The number of anilines is 1. The van der Waals surface area contributed by atoms with Gasteiger partial charge in [-0.05, 0) is 38.5 Å². The number of aromatic nitrogens is 2. The van der Waals surface area contributed by atoms with E-state index in [1.165, 1.54) is 30.5 Å². The van der Waals surface area contributed by atoms with Crippen LogP contribution in [0.3, 0.4) is 0 Å². The summed E-state index contributed by atoms with van der Waals surface area (Å²) in [6, 6.07) is 0. The molecule has 1 unspecified atom stereocenters. The zero-order valence-corrected chi connectivity index (χ0v) is 11.6. The zero-order valence-electron chi connectivity index (χ0n) is 11.6. The maximum absolute atomic E-state index is 6.07. The quantitative estimate of drug-likeness (QED) is 0.874. The molecule has 1 saturated heterocycles. The molecule has 0 aromatic carbocycles. The van der Waals surface area contributed by atoms with E-state index >= 15 is 0 Å². The summed E-state index contributed by atoms with van der Waals surface area (Å²) in [7, 11) is 1.93. The van der Waals surface area contributed by atoms with E-state index < -0.39 is 0 Å². The number of nitrogens with zero attached hydrogens (tertiary/aromatic N) is 2. The SMILES string of the molecule is CCCc1c(CCC2CCCCO2)nn(C)c1N. The Labute approximate surface area is 110 Å². The predicted molar refractivity (Wildman–Crippen MR) is 73.5 cm³/mol. The minimum atomic E-state index is 0.427. The van der Waals surface area contributed by atoms with Crippen LogP contribution in [0.2, 0.25) is 0 Å². The molecule has 18 heavy (non-hydrogen) atoms. The molecule has 1 aromatic heterocycles. The maximum Gasteiger partial charge on any atom is 0.124 e. The maximum atomic E-state index is 6.07. The van der Waals surface area contributed by atoms with Crippen LogP contribution in [-0.2, 0) is 24.6 Å². The second kappa shape index (κ2) is 6.23. The number of nitrogen functional groups attached to an aromatic ring is 1. The Morgan fingerprint density at radius 1 is 1.39 bits per heavy atom. The van der Waals surface area contributed by atoms with E-state index in [1.54, 1.807) is 0 Å². The monoisotopic (exact) mass is 251 g/mol. The second-order valence-corrected chi connectivity index (χ2v) is 5.21. The average Bonchev–Trinajstić information content (AvgIpc) is 2.66. The summed E-state index contributed by atoms with van der Waals surface area (Å²) in [5, 5.41) is 4.55. The fourth-order valence-corrected chi connectivity index (χ4v) is 2.69. The number of hydrogen-bond acceptors (Lipinski definition) is 3. The molecule has 2 N–H and O–H groups in total. The summed E-state index contributed by atoms with van der Waals surface area (Å²) >= 11 is 0. The third kappa shape index (κ3) is 3.05. The summed E-state index contributed by atoms with van der Waals surface area (Å²) in [6.45, 7) is 3.11. The second-order valence-electron chi connectivity index (χ2n) is 5.21. The highest BCUT2D eigenvalue weighted by atomic mass is 16.5. The standard InChI is InChI=1S/C14H25N3O/c1-3-6-12-13(16-17(2)14(12)15)9-8-11-7-4-5-10-18-11/h11H,3-10,15H2,1-2H3. The zero-order chi connectivity index (χ0) is 13.0. The van der Waals surface area contributed by atoms with Crippen molar-refractivity contribution >= 4 is 5.82 Å². The van der Waals surface area contributed by atoms with E-state index in [0.717, 1.165) is 38.1 Å². The third-order valence-corrected chi connectivity index (χ3v) is 3.75. The highest BCUT2D eigenvalue weighted by molar-refractivity contribution is 5.43. The van der Waals surface area contributed by atoms with Crippen LogP contribution in [0.4, 0.5) is 5.82 Å². The van der Waals surface area contributed by atoms with Gasteiger partial charge in [0, 0.05) is 19.2 Å². The van der Waals surface area contributed by atoms with Crippen LogP contribution in [0.5, 0.6) is 0 Å². The first-order chi connectivity index (χ1) is 8.72. The molecule has 1 aliphatic rings. The lowest BCUT2D eigenvalue weighted by atomic mass is 10.0. The van der Waals surface area contributed by atoms with Crippen molar-refractivity contribution in [1.82, 2.24) is 9.78 Å². The molecule has 0 spiro atoms. The molecule has 0 aliphatic carbocycles. The molecule has 1 aliphatic heterocycles. The predicted octanol–water partition coefficient (Wildman–Crippen LogP) is 2.46. The molecule has 0 amide bonds. The summed E-state index contributed by atoms with van der Waals surface area (Å²) in [5.41, 5.74) is 8.49. The molecule has 102 valence electrons. The molecular weight excluding hydrogens is 226 g/mol. The molecule has 1 aromatic rings. The van der Waals surface area contributed by atoms with Crippen molar-refractivity contribution in [2.75, 3.05) is 12.3 Å². The first-order valence-electron chi connectivity index (χ1n) is 7.14. The van der Waals surface area contributed by atoms with Gasteiger partial charge < -0.3 is 10.5 Å². The van der Waals surface area contributed by atoms with E-state index in [2.05, 4.69) is 12.0 Å². The number of ether oxygens (including phenoxy) is 1. The van der Waals surface area contributed by atoms with Crippen LogP contribution in [0.15, 0.2) is 0 Å². The first-order valence-corrected chi connectivity index (χ1v) is 7.14. The van der Waals surface area contributed by atoms with Gasteiger partial charge in [0.15, 0.2) is 0 Å². The van der Waals surface area contributed by atoms with Gasteiger partial charge in [-0.3, -0.25) is 4.68 Å². The average molecular weight is 251 g/mol. The highest BCUT2D eigenvalue weighted by Gasteiger charge is 2.17. The Kier molecular flexibility index (Phi) is 4.64. The Morgan fingerprint density at radius 3 is 2.89 bits per heavy atom. The smallest absolute Gasteiger partial charge is 0.124 e. The van der Waals surface area contributed by atoms with Gasteiger partial charge in [-0.2, -0.15) is 5.10 Å². The summed E-state index contributed by atoms with van der Waals surface area (Å²) < 4.78 is 7.58. The van der Waals surface area contributed by atoms with Crippen LogP contribution in [0.25, 0.3) is 0 Å². The van der Waals surface area contributed by atoms with E-state index in [-0.39, 0.29) is 0 Å². The van der Waals surface area contributed by atoms with Crippen LogP contribution < -0.4 is 5.73 Å². The van der Waals surface area contributed by atoms with Crippen molar-refractivity contribution in [3.05, 3.63) is 11.3 Å². The van der Waals surface area contributed by atoms with Gasteiger partial charge in [-0.25, -0.2) is 0 Å². The van der Waals surface area contributed by atoms with Crippen LogP contribution in [-0.4, -0.2) is 22.5 Å². The summed E-state index contributed by atoms with van der Waals surface area (Å²) in [4.78, 5) is 0. The van der Waals surface area contributed by atoms with E-state index in [0.29, 0.717) is 6.10 Å². The minimum absolute atomic E-state index is 0.427. The Morgan fingerprint density at radius 2 is 2.22 bits per heavy atom. The van der Waals surface area contributed by atoms with Crippen molar-refractivity contribution in [2.24, 2.45) is 7.05 Å². The molecule has 0 saturated carbocycles. The Bertz CT molecular complexity index is 381. The lowest BCUT2D eigenvalue weighted by molar-refractivity contribution is 0.0113. The van der Waals surface area contributed by atoms with Gasteiger partial charge >= 0.3 is 0 Å². The molecule has 4 nitrogen and oxygen atoms in total. The number of rotatable bonds is 5. The van der Waals surface area contributed by atoms with Gasteiger partial charge in [0.05, 0.1) is 11.8 Å². The Hall–Kier alpha value is -1.03. The number of aryl methyl sites for hydroxylation is 2. The Balaban J connectivity index is 1.97. The van der Waals surface area contributed by atoms with Crippen molar-refractivity contribution < 1.29 is 4.74 Å². The molecule has 2 heterocycles.